The zero-order valence-electron chi connectivity index (χ0n) is 15.9. The monoisotopic (exact) mass is 310 g/mol. The van der Waals surface area contributed by atoms with Gasteiger partial charge in [-0.05, 0) is 66.5 Å². The summed E-state index contributed by atoms with van der Waals surface area (Å²) in [5.74, 6) is 0. The Kier molecular flexibility index (Phi) is 4.57. The molecule has 0 saturated carbocycles. The molecule has 1 N–H and O–H groups in total. The summed E-state index contributed by atoms with van der Waals surface area (Å²) >= 11 is 0. The Balaban J connectivity index is 2.77. The minimum absolute atomic E-state index is 0.00686. The molecular formula is C21H30N2. The highest BCUT2D eigenvalue weighted by Gasteiger charge is 2.27. The van der Waals surface area contributed by atoms with Crippen LogP contribution in [0.5, 0.6) is 0 Å². The van der Waals surface area contributed by atoms with Gasteiger partial charge >= 0.3 is 0 Å². The zero-order valence-corrected chi connectivity index (χ0v) is 15.9. The Morgan fingerprint density at radius 2 is 1.65 bits per heavy atom. The van der Waals surface area contributed by atoms with Gasteiger partial charge in [0.1, 0.15) is 0 Å². The number of rotatable bonds is 3. The van der Waals surface area contributed by atoms with Crippen molar-refractivity contribution >= 4 is 17.5 Å². The summed E-state index contributed by atoms with van der Waals surface area (Å²) in [6, 6.07) is 4.42. The van der Waals surface area contributed by atoms with Gasteiger partial charge in [0.2, 0.25) is 0 Å². The van der Waals surface area contributed by atoms with Gasteiger partial charge in [-0.15, -0.1) is 0 Å². The molecule has 2 heteroatoms. The Hall–Kier alpha value is -1.83. The van der Waals surface area contributed by atoms with Crippen LogP contribution in [0.4, 0.5) is 5.69 Å². The third kappa shape index (κ3) is 2.99. The van der Waals surface area contributed by atoms with E-state index >= 15 is 0 Å². The van der Waals surface area contributed by atoms with Crippen molar-refractivity contribution in [1.29, 1.82) is 5.41 Å². The van der Waals surface area contributed by atoms with Crippen molar-refractivity contribution in [2.75, 3.05) is 19.0 Å². The number of hydrogen-bond acceptors (Lipinski definition) is 2. The number of allylic oxidation sites excluding steroid dienone is 4. The van der Waals surface area contributed by atoms with Crippen LogP contribution in [0.15, 0.2) is 28.9 Å². The number of nitrogens with zero attached hydrogens (tertiary/aromatic N) is 1. The lowest BCUT2D eigenvalue weighted by Crippen LogP contribution is -2.22. The highest BCUT2D eigenvalue weighted by atomic mass is 15.1. The number of nitrogens with one attached hydrogen (secondary N) is 1. The van der Waals surface area contributed by atoms with Crippen LogP contribution >= 0.6 is 0 Å². The molecule has 0 aromatic heterocycles. The molecule has 0 heterocycles. The second kappa shape index (κ2) is 5.99. The third-order valence-electron chi connectivity index (χ3n) is 5.02. The van der Waals surface area contributed by atoms with Gasteiger partial charge in [-0.2, -0.15) is 0 Å². The van der Waals surface area contributed by atoms with Crippen LogP contribution < -0.4 is 4.90 Å². The second-order valence-corrected chi connectivity index (χ2v) is 7.90. The molecule has 1 aliphatic rings. The molecule has 0 amide bonds. The number of anilines is 1. The average Bonchev–Trinajstić information content (AvgIpc) is 2.72. The minimum Gasteiger partial charge on any atom is -0.377 e. The first-order valence-corrected chi connectivity index (χ1v) is 8.31. The van der Waals surface area contributed by atoms with Crippen molar-refractivity contribution in [1.82, 2.24) is 0 Å². The Morgan fingerprint density at radius 1 is 1.04 bits per heavy atom. The van der Waals surface area contributed by atoms with E-state index in [0.717, 1.165) is 12.0 Å². The number of benzene rings is 1. The Bertz CT molecular complexity index is 710. The van der Waals surface area contributed by atoms with E-state index in [9.17, 15) is 0 Å². The van der Waals surface area contributed by atoms with E-state index in [0.29, 0.717) is 0 Å². The van der Waals surface area contributed by atoms with Crippen molar-refractivity contribution < 1.29 is 0 Å². The second-order valence-electron chi connectivity index (χ2n) is 7.90. The Morgan fingerprint density at radius 3 is 2.04 bits per heavy atom. The molecule has 0 spiro atoms. The summed E-state index contributed by atoms with van der Waals surface area (Å²) in [7, 11) is 4.15. The minimum atomic E-state index is -0.00686. The van der Waals surface area contributed by atoms with Crippen LogP contribution in [-0.4, -0.2) is 20.3 Å². The molecule has 0 aliphatic heterocycles. The fraction of sp³-hybridized carbons (Fsp3) is 0.476. The third-order valence-corrected chi connectivity index (χ3v) is 5.02. The molecule has 23 heavy (non-hydrogen) atoms. The summed E-state index contributed by atoms with van der Waals surface area (Å²) in [4.78, 5) is 2.15. The fourth-order valence-electron chi connectivity index (χ4n) is 3.56. The first-order chi connectivity index (χ1) is 10.6. The van der Waals surface area contributed by atoms with Gasteiger partial charge in [0.05, 0.1) is 0 Å². The quantitative estimate of drug-likeness (QED) is 0.727. The molecule has 0 unspecified atom stereocenters. The van der Waals surface area contributed by atoms with Crippen LogP contribution in [0.2, 0.25) is 0 Å². The van der Waals surface area contributed by atoms with E-state index in [-0.39, 0.29) is 5.41 Å². The van der Waals surface area contributed by atoms with Gasteiger partial charge in [0.15, 0.2) is 0 Å². The summed E-state index contributed by atoms with van der Waals surface area (Å²) in [6.07, 6.45) is 2.55. The van der Waals surface area contributed by atoms with Crippen LogP contribution in [0.1, 0.15) is 64.7 Å². The highest BCUT2D eigenvalue weighted by Crippen LogP contribution is 2.43. The van der Waals surface area contributed by atoms with Crippen LogP contribution in [0.25, 0.3) is 5.57 Å². The lowest BCUT2D eigenvalue weighted by molar-refractivity contribution is 0.588. The maximum absolute atomic E-state index is 8.09. The standard InChI is InChI=1S/C21H30N2/c1-13-11-17(15(3)14(13)2)16-9-10-19(23(7)8)20(18(16)12-22)21(4,5)6/h9-10,12,22H,11H2,1-8H3. The molecule has 2 nitrogen and oxygen atoms in total. The largest absolute Gasteiger partial charge is 0.377 e. The van der Waals surface area contributed by atoms with Crippen molar-refractivity contribution in [3.63, 3.8) is 0 Å². The van der Waals surface area contributed by atoms with Crippen LogP contribution in [0, 0.1) is 5.41 Å². The lowest BCUT2D eigenvalue weighted by Gasteiger charge is -2.30. The Labute approximate surface area is 141 Å². The van der Waals surface area contributed by atoms with Crippen LogP contribution in [0.3, 0.4) is 0 Å². The molecule has 1 aliphatic carbocycles. The molecule has 0 fully saturated rings. The summed E-state index contributed by atoms with van der Waals surface area (Å²) in [5.41, 5.74) is 10.4. The molecule has 0 bridgehead atoms. The maximum atomic E-state index is 8.09. The predicted octanol–water partition coefficient (Wildman–Crippen LogP) is 5.56. The first-order valence-electron chi connectivity index (χ1n) is 8.31. The molecule has 1 aromatic rings. The molecule has 0 radical (unpaired) electrons. The lowest BCUT2D eigenvalue weighted by atomic mass is 9.79. The topological polar surface area (TPSA) is 27.1 Å². The van der Waals surface area contributed by atoms with Crippen molar-refractivity contribution in [3.05, 3.63) is 45.5 Å². The summed E-state index contributed by atoms with van der Waals surface area (Å²) in [5, 5.41) is 8.09. The fourth-order valence-corrected chi connectivity index (χ4v) is 3.56. The zero-order chi connectivity index (χ0) is 17.5. The molecule has 124 valence electrons. The summed E-state index contributed by atoms with van der Waals surface area (Å²) < 4.78 is 0. The van der Waals surface area contributed by atoms with E-state index in [4.69, 9.17) is 5.41 Å². The molecule has 0 atom stereocenters. The van der Waals surface area contributed by atoms with Crippen molar-refractivity contribution in [2.24, 2.45) is 0 Å². The van der Waals surface area contributed by atoms with Crippen LogP contribution in [-0.2, 0) is 5.41 Å². The average molecular weight is 310 g/mol. The van der Waals surface area contributed by atoms with Gasteiger partial charge in [0.25, 0.3) is 0 Å². The van der Waals surface area contributed by atoms with Gasteiger partial charge in [-0.3, -0.25) is 0 Å². The van der Waals surface area contributed by atoms with E-state index in [2.05, 4.69) is 72.7 Å². The van der Waals surface area contributed by atoms with Gasteiger partial charge in [-0.25, -0.2) is 0 Å². The molecular weight excluding hydrogens is 280 g/mol. The summed E-state index contributed by atoms with van der Waals surface area (Å²) in [6.45, 7) is 13.3. The highest BCUT2D eigenvalue weighted by molar-refractivity contribution is 5.94. The van der Waals surface area contributed by atoms with E-state index in [1.807, 2.05) is 0 Å². The van der Waals surface area contributed by atoms with Gasteiger partial charge in [0, 0.05) is 31.6 Å². The van der Waals surface area contributed by atoms with E-state index in [1.165, 1.54) is 39.1 Å². The molecule has 0 saturated heterocycles. The van der Waals surface area contributed by atoms with Crippen molar-refractivity contribution in [2.45, 2.75) is 53.4 Å². The van der Waals surface area contributed by atoms with Gasteiger partial charge < -0.3 is 10.3 Å². The van der Waals surface area contributed by atoms with E-state index in [1.54, 1.807) is 6.21 Å². The maximum Gasteiger partial charge on any atom is 0.0405 e. The number of hydrogen-bond donors (Lipinski definition) is 1. The normalized spacial score (nSPS) is 15.5. The predicted molar refractivity (Wildman–Crippen MR) is 103 cm³/mol. The molecule has 1 aromatic carbocycles. The van der Waals surface area contributed by atoms with Gasteiger partial charge in [-0.1, -0.05) is 32.4 Å². The first kappa shape index (κ1) is 17.5. The van der Waals surface area contributed by atoms with Crippen molar-refractivity contribution in [3.8, 4) is 0 Å². The van der Waals surface area contributed by atoms with E-state index < -0.39 is 0 Å². The smallest absolute Gasteiger partial charge is 0.0405 e. The SMILES string of the molecule is CC1=C(C)C(C)=C(c2ccc(N(C)C)c(C(C)(C)C)c2C=N)C1. The molecule has 2 rings (SSSR count).